The van der Waals surface area contributed by atoms with E-state index in [0.717, 1.165) is 33.8 Å². The first kappa shape index (κ1) is 23.4. The molecule has 184 valence electrons. The van der Waals surface area contributed by atoms with E-state index in [1.165, 1.54) is 6.33 Å². The Morgan fingerprint density at radius 1 is 1.03 bits per heavy atom. The van der Waals surface area contributed by atoms with Crippen molar-refractivity contribution in [3.63, 3.8) is 0 Å². The third-order valence-corrected chi connectivity index (χ3v) is 5.33. The molecule has 0 aliphatic heterocycles. The molecular formula is C25H26N8O3. The molecule has 0 unspecified atom stereocenters. The van der Waals surface area contributed by atoms with Crippen LogP contribution in [0, 0.1) is 6.92 Å². The quantitative estimate of drug-likeness (QED) is 0.273. The Morgan fingerprint density at radius 2 is 1.89 bits per heavy atom. The van der Waals surface area contributed by atoms with Gasteiger partial charge in [-0.3, -0.25) is 4.84 Å². The van der Waals surface area contributed by atoms with Gasteiger partial charge in [-0.2, -0.15) is 0 Å². The second-order valence-electron chi connectivity index (χ2n) is 9.07. The smallest absolute Gasteiger partial charge is 0.247 e. The number of benzene rings is 2. The van der Waals surface area contributed by atoms with Crippen LogP contribution >= 0.6 is 0 Å². The van der Waals surface area contributed by atoms with Crippen LogP contribution in [0.15, 0.2) is 55.2 Å². The van der Waals surface area contributed by atoms with E-state index in [9.17, 15) is 5.11 Å². The summed E-state index contributed by atoms with van der Waals surface area (Å²) < 4.78 is 8.08. The van der Waals surface area contributed by atoms with Crippen LogP contribution in [0.1, 0.15) is 19.4 Å². The average molecular weight is 487 g/mol. The van der Waals surface area contributed by atoms with Crippen molar-refractivity contribution >= 4 is 39.5 Å². The van der Waals surface area contributed by atoms with E-state index >= 15 is 0 Å². The number of nitrogens with zero attached hydrogens (tertiary/aromatic N) is 6. The highest BCUT2D eigenvalue weighted by atomic mass is 16.7. The molecule has 5 aromatic rings. The first-order valence-corrected chi connectivity index (χ1v) is 11.3. The lowest BCUT2D eigenvalue weighted by atomic mass is 10.2. The van der Waals surface area contributed by atoms with Gasteiger partial charge in [-0.1, -0.05) is 0 Å². The topological polar surface area (TPSA) is 132 Å². The first-order valence-electron chi connectivity index (χ1n) is 11.3. The minimum Gasteiger partial charge on any atom is -0.457 e. The summed E-state index contributed by atoms with van der Waals surface area (Å²) in [6.07, 6.45) is 4.80. The molecule has 3 heterocycles. The maximum atomic E-state index is 9.79. The lowest BCUT2D eigenvalue weighted by Crippen LogP contribution is -2.27. The van der Waals surface area contributed by atoms with Crippen LogP contribution in [0.3, 0.4) is 0 Å². The van der Waals surface area contributed by atoms with E-state index in [1.807, 2.05) is 54.9 Å². The van der Waals surface area contributed by atoms with Crippen LogP contribution < -0.4 is 15.5 Å². The lowest BCUT2D eigenvalue weighted by molar-refractivity contribution is -0.00338. The number of nitrogens with one attached hydrogen (secondary N) is 2. The molecule has 0 amide bonds. The number of imidazole rings is 1. The zero-order valence-corrected chi connectivity index (χ0v) is 20.4. The first-order chi connectivity index (χ1) is 17.2. The predicted octanol–water partition coefficient (Wildman–Crippen LogP) is 4.27. The molecule has 11 nitrogen and oxygen atoms in total. The number of hydrogen-bond donors (Lipinski definition) is 3. The van der Waals surface area contributed by atoms with Crippen molar-refractivity contribution in [1.29, 1.82) is 0 Å². The summed E-state index contributed by atoms with van der Waals surface area (Å²) in [5.41, 5.74) is 6.42. The van der Waals surface area contributed by atoms with Crippen molar-refractivity contribution in [2.45, 2.75) is 26.4 Å². The standard InChI is InChI=1S/C25H26N8O3/c1-15-9-16(5-8-21(15)36-17-6-7-20-18(10-17)29-14-33(20)4)30-23-22-19(27-13-28-23)11-26-24(31-22)32-35-12-25(2,3)34/h5-11,13-14,34H,12H2,1-4H3,(H,26,31,32)(H,27,28,30). The Kier molecular flexibility index (Phi) is 6.08. The van der Waals surface area contributed by atoms with E-state index in [0.29, 0.717) is 16.9 Å². The van der Waals surface area contributed by atoms with E-state index in [2.05, 4.69) is 35.7 Å². The number of rotatable bonds is 8. The Labute approximate surface area is 207 Å². The van der Waals surface area contributed by atoms with Gasteiger partial charge in [0, 0.05) is 18.8 Å². The Hall–Kier alpha value is -4.35. The minimum atomic E-state index is -0.987. The number of hydrogen-bond acceptors (Lipinski definition) is 10. The number of aryl methyl sites for hydroxylation is 2. The van der Waals surface area contributed by atoms with Gasteiger partial charge >= 0.3 is 0 Å². The maximum Gasteiger partial charge on any atom is 0.247 e. The normalized spacial score (nSPS) is 11.7. The van der Waals surface area contributed by atoms with E-state index in [-0.39, 0.29) is 12.6 Å². The van der Waals surface area contributed by atoms with Crippen molar-refractivity contribution in [2.75, 3.05) is 17.4 Å². The predicted molar refractivity (Wildman–Crippen MR) is 136 cm³/mol. The van der Waals surface area contributed by atoms with E-state index in [4.69, 9.17) is 9.57 Å². The lowest BCUT2D eigenvalue weighted by Gasteiger charge is -2.16. The molecule has 5 rings (SSSR count). The van der Waals surface area contributed by atoms with Gasteiger partial charge in [-0.05, 0) is 56.7 Å². The highest BCUT2D eigenvalue weighted by molar-refractivity contribution is 5.87. The van der Waals surface area contributed by atoms with E-state index < -0.39 is 5.60 Å². The van der Waals surface area contributed by atoms with Crippen molar-refractivity contribution in [3.05, 3.63) is 60.8 Å². The highest BCUT2D eigenvalue weighted by Crippen LogP contribution is 2.30. The molecule has 0 aliphatic carbocycles. The Morgan fingerprint density at radius 3 is 2.69 bits per heavy atom. The molecule has 3 aromatic heterocycles. The van der Waals surface area contributed by atoms with Crippen molar-refractivity contribution in [1.82, 2.24) is 29.5 Å². The minimum absolute atomic E-state index is 0.0637. The fourth-order valence-corrected chi connectivity index (χ4v) is 3.56. The van der Waals surface area contributed by atoms with Gasteiger partial charge < -0.3 is 19.7 Å². The van der Waals surface area contributed by atoms with Crippen LogP contribution in [-0.4, -0.2) is 46.8 Å². The largest absolute Gasteiger partial charge is 0.457 e. The molecule has 0 saturated carbocycles. The van der Waals surface area contributed by atoms with Gasteiger partial charge in [0.05, 0.1) is 29.2 Å². The van der Waals surface area contributed by atoms with Gasteiger partial charge in [0.1, 0.15) is 35.5 Å². The van der Waals surface area contributed by atoms with Crippen molar-refractivity contribution in [3.8, 4) is 11.5 Å². The number of fused-ring (bicyclic) bond motifs is 2. The summed E-state index contributed by atoms with van der Waals surface area (Å²) in [6.45, 7) is 5.32. The molecular weight excluding hydrogens is 460 g/mol. The molecule has 0 radical (unpaired) electrons. The SMILES string of the molecule is Cc1cc(Nc2ncnc3cnc(NOCC(C)(C)O)nc23)ccc1Oc1ccc2c(c1)ncn2C. The zero-order chi connectivity index (χ0) is 25.3. The second kappa shape index (κ2) is 9.36. The van der Waals surface area contributed by atoms with Crippen molar-refractivity contribution < 1.29 is 14.7 Å². The third kappa shape index (κ3) is 5.16. The molecule has 0 saturated heterocycles. The Bertz CT molecular complexity index is 1540. The number of anilines is 3. The summed E-state index contributed by atoms with van der Waals surface area (Å²) in [5.74, 6) is 2.20. The molecule has 0 fully saturated rings. The molecule has 11 heteroatoms. The maximum absolute atomic E-state index is 9.79. The van der Waals surface area contributed by atoms with Crippen LogP contribution in [0.5, 0.6) is 11.5 Å². The van der Waals surface area contributed by atoms with Gasteiger partial charge in [-0.25, -0.2) is 30.4 Å². The molecule has 0 atom stereocenters. The van der Waals surface area contributed by atoms with E-state index in [1.54, 1.807) is 26.4 Å². The fraction of sp³-hybridized carbons (Fsp3) is 0.240. The summed E-state index contributed by atoms with van der Waals surface area (Å²) in [5, 5.41) is 13.1. The molecule has 36 heavy (non-hydrogen) atoms. The van der Waals surface area contributed by atoms with Crippen molar-refractivity contribution in [2.24, 2.45) is 7.05 Å². The van der Waals surface area contributed by atoms with Gasteiger partial charge in [0.25, 0.3) is 0 Å². The zero-order valence-electron chi connectivity index (χ0n) is 20.4. The van der Waals surface area contributed by atoms with Gasteiger partial charge in [0.15, 0.2) is 5.82 Å². The number of aliphatic hydroxyl groups is 1. The van der Waals surface area contributed by atoms with Gasteiger partial charge in [0.2, 0.25) is 5.95 Å². The van der Waals surface area contributed by atoms with Crippen LogP contribution in [0.2, 0.25) is 0 Å². The summed E-state index contributed by atoms with van der Waals surface area (Å²) >= 11 is 0. The number of ether oxygens (including phenoxy) is 1. The van der Waals surface area contributed by atoms with Gasteiger partial charge in [-0.15, -0.1) is 0 Å². The third-order valence-electron chi connectivity index (χ3n) is 5.33. The molecule has 0 spiro atoms. The molecule has 0 bridgehead atoms. The summed E-state index contributed by atoms with van der Waals surface area (Å²) in [7, 11) is 1.96. The monoisotopic (exact) mass is 486 g/mol. The summed E-state index contributed by atoms with van der Waals surface area (Å²) in [4.78, 5) is 26.9. The number of aromatic nitrogens is 6. The fourth-order valence-electron chi connectivity index (χ4n) is 3.56. The molecule has 3 N–H and O–H groups in total. The molecule has 2 aromatic carbocycles. The second-order valence-corrected chi connectivity index (χ2v) is 9.07. The Balaban J connectivity index is 1.34. The molecule has 0 aliphatic rings. The van der Waals surface area contributed by atoms with Crippen LogP contribution in [0.4, 0.5) is 17.5 Å². The summed E-state index contributed by atoms with van der Waals surface area (Å²) in [6, 6.07) is 11.6. The van der Waals surface area contributed by atoms with Crippen LogP contribution in [0.25, 0.3) is 22.1 Å². The van der Waals surface area contributed by atoms with Crippen LogP contribution in [-0.2, 0) is 11.9 Å². The highest BCUT2D eigenvalue weighted by Gasteiger charge is 2.14. The average Bonchev–Trinajstić information content (AvgIpc) is 3.20.